The highest BCUT2D eigenvalue weighted by Crippen LogP contribution is 2.50. The van der Waals surface area contributed by atoms with Gasteiger partial charge in [0, 0.05) is 31.1 Å². The van der Waals surface area contributed by atoms with Crippen LogP contribution in [0.3, 0.4) is 0 Å². The van der Waals surface area contributed by atoms with E-state index in [-0.39, 0.29) is 28.0 Å². The third-order valence-electron chi connectivity index (χ3n) is 8.09. The molecule has 0 heterocycles. The molecule has 3 aromatic carbocycles. The Morgan fingerprint density at radius 3 is 2.32 bits per heavy atom. The minimum atomic E-state index is -4.43. The fourth-order valence-electron chi connectivity index (χ4n) is 6.00. The highest BCUT2D eigenvalue weighted by Gasteiger charge is 2.66. The first kappa shape index (κ1) is 28.5. The van der Waals surface area contributed by atoms with Gasteiger partial charge in [0.05, 0.1) is 21.9 Å². The average Bonchev–Trinajstić information content (AvgIpc) is 2.88. The SMILES string of the molecule is Cc1ccc(S(=O)(=O)NC2C(=O)C(C(N)=O)C(O)[C@@]3(O)C(=O)c4c(cc5c(N(C)C)ccc(O)c5c4O)C[C@@H]23)cc1. The highest BCUT2D eigenvalue weighted by atomic mass is 32.2. The molecule has 0 bridgehead atoms. The number of phenols is 2. The van der Waals surface area contributed by atoms with E-state index >= 15 is 0 Å². The first-order valence-electron chi connectivity index (χ1n) is 12.7. The topological polar surface area (TPSA) is 208 Å². The van der Waals surface area contributed by atoms with Crippen LogP contribution in [-0.2, 0) is 26.0 Å². The van der Waals surface area contributed by atoms with Crippen LogP contribution in [0.1, 0.15) is 21.5 Å². The number of Topliss-reactive ketones (excluding diaryl/α,β-unsaturated/α-hetero) is 2. The van der Waals surface area contributed by atoms with E-state index in [0.29, 0.717) is 11.1 Å². The lowest BCUT2D eigenvalue weighted by atomic mass is 9.58. The Balaban J connectivity index is 1.73. The van der Waals surface area contributed by atoms with E-state index in [0.717, 1.165) is 5.56 Å². The van der Waals surface area contributed by atoms with Crippen LogP contribution in [0, 0.1) is 18.8 Å². The molecule has 3 unspecified atom stereocenters. The fourth-order valence-corrected chi connectivity index (χ4v) is 7.24. The van der Waals surface area contributed by atoms with Crippen molar-refractivity contribution in [3.63, 3.8) is 0 Å². The number of aliphatic hydroxyl groups excluding tert-OH is 1. The van der Waals surface area contributed by atoms with E-state index in [2.05, 4.69) is 4.72 Å². The second kappa shape index (κ2) is 9.52. The van der Waals surface area contributed by atoms with Crippen LogP contribution in [0.4, 0.5) is 5.69 Å². The molecule has 0 aliphatic heterocycles. The number of hydrogen-bond acceptors (Lipinski definition) is 10. The number of aliphatic hydroxyl groups is 2. The summed E-state index contributed by atoms with van der Waals surface area (Å²) in [5, 5.41) is 45.0. The van der Waals surface area contributed by atoms with Gasteiger partial charge in [-0.2, -0.15) is 0 Å². The first-order valence-corrected chi connectivity index (χ1v) is 14.1. The quantitative estimate of drug-likeness (QED) is 0.223. The lowest BCUT2D eigenvalue weighted by molar-refractivity contribution is -0.167. The van der Waals surface area contributed by atoms with Gasteiger partial charge in [-0.15, -0.1) is 0 Å². The van der Waals surface area contributed by atoms with E-state index in [1.807, 2.05) is 0 Å². The molecule has 1 saturated carbocycles. The molecular weight excluding hydrogens is 554 g/mol. The third-order valence-corrected chi connectivity index (χ3v) is 9.55. The van der Waals surface area contributed by atoms with E-state index in [4.69, 9.17) is 5.73 Å². The van der Waals surface area contributed by atoms with Crippen LogP contribution in [0.5, 0.6) is 11.5 Å². The Kier molecular flexibility index (Phi) is 6.61. The maximum atomic E-state index is 14.0. The Hall–Kier alpha value is -4.04. The van der Waals surface area contributed by atoms with Crippen LogP contribution in [0.15, 0.2) is 47.4 Å². The molecule has 41 heavy (non-hydrogen) atoms. The number of hydrogen-bond donors (Lipinski definition) is 6. The van der Waals surface area contributed by atoms with Crippen molar-refractivity contribution in [3.05, 3.63) is 59.2 Å². The lowest BCUT2D eigenvalue weighted by Crippen LogP contribution is -2.73. The zero-order valence-corrected chi connectivity index (χ0v) is 23.1. The second-order valence-corrected chi connectivity index (χ2v) is 12.5. The van der Waals surface area contributed by atoms with Gasteiger partial charge in [-0.3, -0.25) is 14.4 Å². The number of amides is 1. The summed E-state index contributed by atoms with van der Waals surface area (Å²) in [4.78, 5) is 41.3. The Bertz CT molecular complexity index is 1740. The summed E-state index contributed by atoms with van der Waals surface area (Å²) < 4.78 is 28.9. The van der Waals surface area contributed by atoms with Crippen molar-refractivity contribution >= 4 is 44.0 Å². The fraction of sp³-hybridized carbons (Fsp3) is 0.321. The summed E-state index contributed by atoms with van der Waals surface area (Å²) in [6, 6.07) is 8.25. The molecule has 0 radical (unpaired) electrons. The standard InChI is InChI=1S/C28H29N3O9S/c1-12-4-6-14(7-5-12)41(39,40)30-22-16-11-13-10-15-17(31(2)3)8-9-18(32)20(15)23(33)19(13)25(35)28(16,38)26(36)21(24(22)34)27(29)37/h4-10,16,21-22,26,30,32-33,36,38H,11H2,1-3H3,(H2,29,37)/t16-,21?,22?,26?,28-/m0/s1. The summed E-state index contributed by atoms with van der Waals surface area (Å²) in [6.45, 7) is 1.75. The zero-order chi connectivity index (χ0) is 30.2. The summed E-state index contributed by atoms with van der Waals surface area (Å²) >= 11 is 0. The van der Waals surface area contributed by atoms with Crippen molar-refractivity contribution in [2.45, 2.75) is 36.0 Å². The molecule has 0 spiro atoms. The van der Waals surface area contributed by atoms with Crippen molar-refractivity contribution in [2.75, 3.05) is 19.0 Å². The molecule has 5 atom stereocenters. The number of ketones is 2. The molecule has 2 aliphatic rings. The molecule has 2 aliphatic carbocycles. The number of carbonyl (C=O) groups excluding carboxylic acids is 3. The monoisotopic (exact) mass is 583 g/mol. The Labute approximate surface area is 235 Å². The van der Waals surface area contributed by atoms with Gasteiger partial charge in [-0.25, -0.2) is 13.1 Å². The van der Waals surface area contributed by atoms with E-state index in [9.17, 15) is 43.2 Å². The van der Waals surface area contributed by atoms with Gasteiger partial charge in [-0.05, 0) is 49.2 Å². The van der Waals surface area contributed by atoms with Crippen molar-refractivity contribution in [2.24, 2.45) is 17.6 Å². The Morgan fingerprint density at radius 2 is 1.73 bits per heavy atom. The number of phenolic OH excluding ortho intramolecular Hbond substituents is 2. The number of primary amides is 1. The summed E-state index contributed by atoms with van der Waals surface area (Å²) in [5.41, 5.74) is 3.53. The van der Waals surface area contributed by atoms with E-state index < -0.39 is 68.4 Å². The molecule has 0 aromatic heterocycles. The van der Waals surface area contributed by atoms with Gasteiger partial charge in [0.25, 0.3) is 0 Å². The predicted octanol–water partition coefficient (Wildman–Crippen LogP) is 0.104. The molecule has 7 N–H and O–H groups in total. The largest absolute Gasteiger partial charge is 0.507 e. The number of fused-ring (bicyclic) bond motifs is 3. The average molecular weight is 584 g/mol. The van der Waals surface area contributed by atoms with Gasteiger partial charge in [-0.1, -0.05) is 17.7 Å². The third kappa shape index (κ3) is 4.15. The summed E-state index contributed by atoms with van der Waals surface area (Å²) in [5.74, 6) is -8.48. The van der Waals surface area contributed by atoms with Gasteiger partial charge in [0.1, 0.15) is 23.5 Å². The van der Waals surface area contributed by atoms with E-state index in [1.165, 1.54) is 36.4 Å². The molecule has 1 fully saturated rings. The van der Waals surface area contributed by atoms with Crippen molar-refractivity contribution in [3.8, 4) is 11.5 Å². The number of carbonyl (C=O) groups is 3. The van der Waals surface area contributed by atoms with Crippen molar-refractivity contribution < 1.29 is 43.2 Å². The number of nitrogens with two attached hydrogens (primary N) is 1. The molecule has 216 valence electrons. The number of aromatic hydroxyl groups is 2. The molecule has 13 heteroatoms. The number of rotatable bonds is 5. The Morgan fingerprint density at radius 1 is 1.10 bits per heavy atom. The van der Waals surface area contributed by atoms with Crippen LogP contribution in [0.25, 0.3) is 10.8 Å². The lowest BCUT2D eigenvalue weighted by Gasteiger charge is -2.50. The number of nitrogens with zero attached hydrogens (tertiary/aromatic N) is 1. The molecule has 1 amide bonds. The van der Waals surface area contributed by atoms with Gasteiger partial charge in [0.2, 0.25) is 21.7 Å². The molecule has 5 rings (SSSR count). The normalized spacial score (nSPS) is 26.0. The predicted molar refractivity (Wildman–Crippen MR) is 147 cm³/mol. The minimum Gasteiger partial charge on any atom is -0.507 e. The van der Waals surface area contributed by atoms with Gasteiger partial charge < -0.3 is 31.1 Å². The number of sulfonamides is 1. The van der Waals surface area contributed by atoms with E-state index in [1.54, 1.807) is 32.0 Å². The smallest absolute Gasteiger partial charge is 0.241 e. The summed E-state index contributed by atoms with van der Waals surface area (Å²) in [6.07, 6.45) is -2.70. The van der Waals surface area contributed by atoms with Crippen LogP contribution in [0.2, 0.25) is 0 Å². The zero-order valence-electron chi connectivity index (χ0n) is 22.3. The molecular formula is C28H29N3O9S. The van der Waals surface area contributed by atoms with Crippen LogP contribution >= 0.6 is 0 Å². The molecule has 0 saturated heterocycles. The van der Waals surface area contributed by atoms with Crippen molar-refractivity contribution in [1.29, 1.82) is 0 Å². The van der Waals surface area contributed by atoms with Gasteiger partial charge in [0.15, 0.2) is 11.4 Å². The first-order chi connectivity index (χ1) is 19.1. The number of nitrogens with one attached hydrogen (secondary N) is 1. The maximum Gasteiger partial charge on any atom is 0.241 e. The number of benzene rings is 3. The summed E-state index contributed by atoms with van der Waals surface area (Å²) in [7, 11) is -0.982. The maximum absolute atomic E-state index is 14.0. The molecule has 12 nitrogen and oxygen atoms in total. The van der Waals surface area contributed by atoms with Crippen LogP contribution in [-0.4, -0.2) is 78.2 Å². The van der Waals surface area contributed by atoms with Crippen LogP contribution < -0.4 is 15.4 Å². The minimum absolute atomic E-state index is 0.0881. The second-order valence-electron chi connectivity index (χ2n) is 10.8. The highest BCUT2D eigenvalue weighted by molar-refractivity contribution is 7.89. The van der Waals surface area contributed by atoms with Gasteiger partial charge >= 0.3 is 0 Å². The molecule has 3 aromatic rings. The number of anilines is 1. The van der Waals surface area contributed by atoms with Crippen molar-refractivity contribution in [1.82, 2.24) is 4.72 Å². The number of aryl methyl sites for hydroxylation is 1.